The Morgan fingerprint density at radius 1 is 1.15 bits per heavy atom. The predicted octanol–water partition coefficient (Wildman–Crippen LogP) is 3.72. The summed E-state index contributed by atoms with van der Waals surface area (Å²) in [6, 6.07) is 11.9. The molecule has 1 fully saturated rings. The van der Waals surface area contributed by atoms with E-state index in [2.05, 4.69) is 10.5 Å². The van der Waals surface area contributed by atoms with E-state index in [4.69, 9.17) is 4.84 Å². The Hall–Kier alpha value is -2.76. The van der Waals surface area contributed by atoms with Gasteiger partial charge in [0.1, 0.15) is 6.61 Å². The van der Waals surface area contributed by atoms with E-state index in [9.17, 15) is 13.6 Å². The Labute approximate surface area is 150 Å². The maximum absolute atomic E-state index is 14.3. The second-order valence-electron chi connectivity index (χ2n) is 6.45. The summed E-state index contributed by atoms with van der Waals surface area (Å²) in [5.74, 6) is -2.08. The summed E-state index contributed by atoms with van der Waals surface area (Å²) >= 11 is 0. The van der Waals surface area contributed by atoms with E-state index in [-0.39, 0.29) is 29.3 Å². The molecule has 1 N–H and O–H groups in total. The highest BCUT2D eigenvalue weighted by Crippen LogP contribution is 2.28. The van der Waals surface area contributed by atoms with Crippen LogP contribution in [-0.4, -0.2) is 18.3 Å². The number of nitrogens with one attached hydrogen (secondary N) is 1. The molecule has 1 saturated carbocycles. The molecule has 0 radical (unpaired) electrons. The summed E-state index contributed by atoms with van der Waals surface area (Å²) in [7, 11) is 0. The van der Waals surface area contributed by atoms with Crippen molar-refractivity contribution in [2.45, 2.75) is 26.2 Å². The molecule has 1 aliphatic carbocycles. The molecule has 0 aromatic heterocycles. The summed E-state index contributed by atoms with van der Waals surface area (Å²) in [6.07, 6.45) is 2.23. The fourth-order valence-corrected chi connectivity index (χ4v) is 2.42. The Morgan fingerprint density at radius 2 is 1.88 bits per heavy atom. The average Bonchev–Trinajstić information content (AvgIpc) is 3.44. The van der Waals surface area contributed by atoms with Crippen LogP contribution < -0.4 is 5.32 Å². The normalized spacial score (nSPS) is 14.2. The van der Waals surface area contributed by atoms with Crippen LogP contribution in [0.15, 0.2) is 47.6 Å². The molecule has 0 bridgehead atoms. The van der Waals surface area contributed by atoms with Crippen LogP contribution in [0.2, 0.25) is 0 Å². The van der Waals surface area contributed by atoms with E-state index in [0.717, 1.165) is 18.4 Å². The average molecular weight is 358 g/mol. The Bertz CT molecular complexity index is 818. The number of nitrogens with zero attached hydrogens (tertiary/aromatic N) is 1. The topological polar surface area (TPSA) is 50.7 Å². The second-order valence-corrected chi connectivity index (χ2v) is 6.45. The SMILES string of the molecule is Cc1ccc(C(=NOCC2CC2)NC(=O)Cc2ccccc2)c(F)c1F. The number of amidine groups is 1. The molecular formula is C20H20F2N2O2. The number of aryl methyl sites for hydroxylation is 1. The van der Waals surface area contributed by atoms with Crippen molar-refractivity contribution in [3.05, 3.63) is 70.8 Å². The molecule has 2 aromatic rings. The van der Waals surface area contributed by atoms with Crippen molar-refractivity contribution in [2.24, 2.45) is 11.1 Å². The lowest BCUT2D eigenvalue weighted by Crippen LogP contribution is -2.33. The second kappa shape index (κ2) is 8.08. The molecule has 0 saturated heterocycles. The van der Waals surface area contributed by atoms with Gasteiger partial charge in [-0.1, -0.05) is 41.6 Å². The van der Waals surface area contributed by atoms with Crippen LogP contribution in [0.1, 0.15) is 29.5 Å². The van der Waals surface area contributed by atoms with Crippen LogP contribution in [0.5, 0.6) is 0 Å². The zero-order valence-electron chi connectivity index (χ0n) is 14.5. The molecule has 4 nitrogen and oxygen atoms in total. The van der Waals surface area contributed by atoms with Gasteiger partial charge in [0.2, 0.25) is 5.91 Å². The van der Waals surface area contributed by atoms with E-state index in [1.165, 1.54) is 19.1 Å². The van der Waals surface area contributed by atoms with E-state index in [1.807, 2.05) is 30.3 Å². The van der Waals surface area contributed by atoms with Crippen molar-refractivity contribution in [3.63, 3.8) is 0 Å². The van der Waals surface area contributed by atoms with Gasteiger partial charge >= 0.3 is 0 Å². The lowest BCUT2D eigenvalue weighted by atomic mass is 10.1. The molecule has 0 atom stereocenters. The van der Waals surface area contributed by atoms with Gasteiger partial charge in [-0.05, 0) is 42.9 Å². The molecular weight excluding hydrogens is 338 g/mol. The maximum atomic E-state index is 14.3. The van der Waals surface area contributed by atoms with Crippen molar-refractivity contribution < 1.29 is 18.4 Å². The number of carbonyl (C=O) groups excluding carboxylic acids is 1. The van der Waals surface area contributed by atoms with Crippen LogP contribution in [0.3, 0.4) is 0 Å². The maximum Gasteiger partial charge on any atom is 0.230 e. The van der Waals surface area contributed by atoms with E-state index >= 15 is 0 Å². The number of oxime groups is 1. The van der Waals surface area contributed by atoms with Gasteiger partial charge < -0.3 is 10.2 Å². The first kappa shape index (κ1) is 18.0. The minimum Gasteiger partial charge on any atom is -0.394 e. The van der Waals surface area contributed by atoms with Crippen molar-refractivity contribution in [3.8, 4) is 0 Å². The number of carbonyl (C=O) groups is 1. The third-order valence-corrected chi connectivity index (χ3v) is 4.16. The smallest absolute Gasteiger partial charge is 0.230 e. The van der Waals surface area contributed by atoms with Gasteiger partial charge in [0, 0.05) is 0 Å². The van der Waals surface area contributed by atoms with Crippen molar-refractivity contribution in [1.82, 2.24) is 5.32 Å². The first-order valence-corrected chi connectivity index (χ1v) is 8.53. The quantitative estimate of drug-likeness (QED) is 0.486. The van der Waals surface area contributed by atoms with Crippen LogP contribution in [0, 0.1) is 24.5 Å². The Kier molecular flexibility index (Phi) is 5.61. The third kappa shape index (κ3) is 4.65. The third-order valence-electron chi connectivity index (χ3n) is 4.16. The van der Waals surface area contributed by atoms with Gasteiger partial charge in [0.25, 0.3) is 0 Å². The Morgan fingerprint density at radius 3 is 2.58 bits per heavy atom. The summed E-state index contributed by atoms with van der Waals surface area (Å²) in [4.78, 5) is 17.5. The van der Waals surface area contributed by atoms with Crippen molar-refractivity contribution >= 4 is 11.7 Å². The first-order valence-electron chi connectivity index (χ1n) is 8.53. The summed E-state index contributed by atoms with van der Waals surface area (Å²) in [6.45, 7) is 1.87. The van der Waals surface area contributed by atoms with E-state index in [0.29, 0.717) is 12.5 Å². The molecule has 0 spiro atoms. The largest absolute Gasteiger partial charge is 0.394 e. The van der Waals surface area contributed by atoms with Gasteiger partial charge in [-0.25, -0.2) is 8.78 Å². The number of halogens is 2. The molecule has 136 valence electrons. The molecule has 2 aromatic carbocycles. The highest BCUT2D eigenvalue weighted by atomic mass is 19.2. The van der Waals surface area contributed by atoms with Crippen LogP contribution in [-0.2, 0) is 16.1 Å². The molecule has 0 heterocycles. The zero-order valence-corrected chi connectivity index (χ0v) is 14.5. The monoisotopic (exact) mass is 358 g/mol. The van der Waals surface area contributed by atoms with Crippen LogP contribution >= 0.6 is 0 Å². The molecule has 1 amide bonds. The van der Waals surface area contributed by atoms with Gasteiger partial charge in [0.05, 0.1) is 12.0 Å². The minimum absolute atomic E-state index is 0.0957. The number of hydrogen-bond donors (Lipinski definition) is 1. The fraction of sp³-hybridized carbons (Fsp3) is 0.300. The van der Waals surface area contributed by atoms with Gasteiger partial charge in [-0.2, -0.15) is 0 Å². The number of amides is 1. The van der Waals surface area contributed by atoms with Gasteiger partial charge in [-0.15, -0.1) is 0 Å². The highest BCUT2D eigenvalue weighted by Gasteiger charge is 2.23. The zero-order chi connectivity index (χ0) is 18.5. The van der Waals surface area contributed by atoms with Crippen molar-refractivity contribution in [2.75, 3.05) is 6.61 Å². The van der Waals surface area contributed by atoms with Crippen LogP contribution in [0.25, 0.3) is 0 Å². The van der Waals surface area contributed by atoms with Gasteiger partial charge in [0.15, 0.2) is 17.5 Å². The minimum atomic E-state index is -1.06. The molecule has 0 aliphatic heterocycles. The number of rotatable bonds is 6. The highest BCUT2D eigenvalue weighted by molar-refractivity contribution is 6.08. The standard InChI is InChI=1S/C20H20F2N2O2/c1-13-7-10-16(19(22)18(13)21)20(24-26-12-15-8-9-15)23-17(25)11-14-5-3-2-4-6-14/h2-7,10,15H,8-9,11-12H2,1H3,(H,23,24,25). The number of hydrogen-bond acceptors (Lipinski definition) is 3. The van der Waals surface area contributed by atoms with E-state index < -0.39 is 11.6 Å². The number of benzene rings is 2. The summed E-state index contributed by atoms with van der Waals surface area (Å²) in [5, 5.41) is 6.41. The molecule has 6 heteroatoms. The van der Waals surface area contributed by atoms with Gasteiger partial charge in [-0.3, -0.25) is 4.79 Å². The molecule has 26 heavy (non-hydrogen) atoms. The van der Waals surface area contributed by atoms with E-state index in [1.54, 1.807) is 0 Å². The lowest BCUT2D eigenvalue weighted by molar-refractivity contribution is -0.119. The Balaban J connectivity index is 1.78. The molecule has 3 rings (SSSR count). The van der Waals surface area contributed by atoms with Crippen molar-refractivity contribution in [1.29, 1.82) is 0 Å². The lowest BCUT2D eigenvalue weighted by Gasteiger charge is -2.11. The fourth-order valence-electron chi connectivity index (χ4n) is 2.42. The molecule has 0 unspecified atom stereocenters. The summed E-state index contributed by atoms with van der Waals surface area (Å²) < 4.78 is 28.2. The molecule has 1 aliphatic rings. The summed E-state index contributed by atoms with van der Waals surface area (Å²) in [5.41, 5.74) is 0.851. The van der Waals surface area contributed by atoms with Crippen LogP contribution in [0.4, 0.5) is 8.78 Å². The predicted molar refractivity (Wildman–Crippen MR) is 94.6 cm³/mol. The first-order chi connectivity index (χ1) is 12.5.